The van der Waals surface area contributed by atoms with Crippen LogP contribution >= 0.6 is 11.6 Å². The third-order valence-electron chi connectivity index (χ3n) is 4.23. The van der Waals surface area contributed by atoms with E-state index in [4.69, 9.17) is 17.4 Å². The van der Waals surface area contributed by atoms with Gasteiger partial charge in [-0.3, -0.25) is 4.79 Å². The lowest BCUT2D eigenvalue weighted by molar-refractivity contribution is 0.0981. The SMILES string of the molecule is NN(C(=O)c1nc(C2CC2)ncc1-c1ccccc1Cl)c1ccccn1. The van der Waals surface area contributed by atoms with Crippen molar-refractivity contribution in [1.82, 2.24) is 15.0 Å². The van der Waals surface area contributed by atoms with Crippen LogP contribution in [0.4, 0.5) is 5.82 Å². The fraction of sp³-hybridized carbons (Fsp3) is 0.158. The minimum atomic E-state index is -0.456. The van der Waals surface area contributed by atoms with E-state index in [1.165, 1.54) is 0 Å². The summed E-state index contributed by atoms with van der Waals surface area (Å²) in [4.78, 5) is 26.2. The summed E-state index contributed by atoms with van der Waals surface area (Å²) in [5, 5.41) is 1.52. The average molecular weight is 366 g/mol. The Balaban J connectivity index is 1.81. The number of hydrogen-bond donors (Lipinski definition) is 1. The van der Waals surface area contributed by atoms with Crippen LogP contribution < -0.4 is 10.9 Å². The Kier molecular flexibility index (Phi) is 4.36. The number of carbonyl (C=O) groups is 1. The lowest BCUT2D eigenvalue weighted by Crippen LogP contribution is -2.39. The fourth-order valence-electron chi connectivity index (χ4n) is 2.69. The topological polar surface area (TPSA) is 85.0 Å². The van der Waals surface area contributed by atoms with Gasteiger partial charge in [0.15, 0.2) is 0 Å². The minimum absolute atomic E-state index is 0.225. The van der Waals surface area contributed by atoms with Crippen molar-refractivity contribution in [2.24, 2.45) is 5.84 Å². The second-order valence-electron chi connectivity index (χ2n) is 6.11. The van der Waals surface area contributed by atoms with Crippen LogP contribution in [0.25, 0.3) is 11.1 Å². The highest BCUT2D eigenvalue weighted by Gasteiger charge is 2.30. The van der Waals surface area contributed by atoms with Gasteiger partial charge in [0, 0.05) is 34.5 Å². The Labute approximate surface area is 155 Å². The van der Waals surface area contributed by atoms with Gasteiger partial charge in [-0.25, -0.2) is 25.8 Å². The van der Waals surface area contributed by atoms with E-state index in [2.05, 4.69) is 15.0 Å². The van der Waals surface area contributed by atoms with Crippen LogP contribution in [0, 0.1) is 0 Å². The van der Waals surface area contributed by atoms with Crippen molar-refractivity contribution < 1.29 is 4.79 Å². The molecule has 1 amide bonds. The van der Waals surface area contributed by atoms with Gasteiger partial charge in [-0.1, -0.05) is 35.9 Å². The molecule has 0 radical (unpaired) electrons. The van der Waals surface area contributed by atoms with Crippen LogP contribution in [0.3, 0.4) is 0 Å². The number of hydrogen-bond acceptors (Lipinski definition) is 5. The molecule has 0 atom stereocenters. The van der Waals surface area contributed by atoms with Crippen molar-refractivity contribution in [3.63, 3.8) is 0 Å². The molecule has 0 bridgehead atoms. The van der Waals surface area contributed by atoms with Crippen molar-refractivity contribution in [1.29, 1.82) is 0 Å². The van der Waals surface area contributed by atoms with E-state index in [0.29, 0.717) is 33.7 Å². The highest BCUT2D eigenvalue weighted by atomic mass is 35.5. The number of halogens is 1. The minimum Gasteiger partial charge on any atom is -0.265 e. The van der Waals surface area contributed by atoms with Gasteiger partial charge in [0.2, 0.25) is 0 Å². The van der Waals surface area contributed by atoms with Gasteiger partial charge < -0.3 is 0 Å². The highest BCUT2D eigenvalue weighted by molar-refractivity contribution is 6.33. The number of nitrogens with zero attached hydrogens (tertiary/aromatic N) is 4. The van der Waals surface area contributed by atoms with Crippen molar-refractivity contribution in [3.05, 3.63) is 71.4 Å². The summed E-state index contributed by atoms with van der Waals surface area (Å²) in [5.74, 6) is 6.89. The normalized spacial score (nSPS) is 13.5. The van der Waals surface area contributed by atoms with Crippen molar-refractivity contribution in [3.8, 4) is 11.1 Å². The number of aromatic nitrogens is 3. The maximum Gasteiger partial charge on any atom is 0.293 e. The van der Waals surface area contributed by atoms with E-state index in [-0.39, 0.29) is 5.69 Å². The number of rotatable bonds is 4. The van der Waals surface area contributed by atoms with Gasteiger partial charge in [0.05, 0.1) is 0 Å². The molecular weight excluding hydrogens is 350 g/mol. The van der Waals surface area contributed by atoms with E-state index in [1.807, 2.05) is 18.2 Å². The summed E-state index contributed by atoms with van der Waals surface area (Å²) in [7, 11) is 0. The summed E-state index contributed by atoms with van der Waals surface area (Å²) in [6.45, 7) is 0. The summed E-state index contributed by atoms with van der Waals surface area (Å²) in [6, 6.07) is 12.5. The third-order valence-corrected chi connectivity index (χ3v) is 4.56. The Morgan fingerprint density at radius 1 is 1.08 bits per heavy atom. The molecule has 26 heavy (non-hydrogen) atoms. The molecule has 0 spiro atoms. The predicted octanol–water partition coefficient (Wildman–Crippen LogP) is 3.59. The molecule has 6 nitrogen and oxygen atoms in total. The van der Waals surface area contributed by atoms with Crippen LogP contribution in [0.15, 0.2) is 54.9 Å². The molecule has 1 aromatic carbocycles. The van der Waals surface area contributed by atoms with Gasteiger partial charge in [0.25, 0.3) is 5.91 Å². The first-order valence-corrected chi connectivity index (χ1v) is 8.65. The first-order chi connectivity index (χ1) is 12.6. The zero-order valence-corrected chi connectivity index (χ0v) is 14.6. The molecule has 0 aliphatic heterocycles. The molecule has 2 N–H and O–H groups in total. The molecule has 4 rings (SSSR count). The van der Waals surface area contributed by atoms with Gasteiger partial charge in [0.1, 0.15) is 17.3 Å². The van der Waals surface area contributed by atoms with Gasteiger partial charge in [-0.05, 0) is 31.0 Å². The fourth-order valence-corrected chi connectivity index (χ4v) is 2.93. The Bertz CT molecular complexity index is 959. The maximum absolute atomic E-state index is 13.1. The first-order valence-electron chi connectivity index (χ1n) is 8.27. The molecule has 7 heteroatoms. The first kappa shape index (κ1) is 16.6. The molecule has 1 saturated carbocycles. The number of hydrazine groups is 1. The third kappa shape index (κ3) is 3.16. The standard InChI is InChI=1S/C19H16ClN5O/c20-15-6-2-1-5-13(15)14-11-23-18(12-8-9-12)24-17(14)19(26)25(21)16-7-3-4-10-22-16/h1-7,10-12H,8-9,21H2. The zero-order valence-electron chi connectivity index (χ0n) is 13.8. The van der Waals surface area contributed by atoms with E-state index in [1.54, 1.807) is 36.7 Å². The Morgan fingerprint density at radius 3 is 2.54 bits per heavy atom. The number of amides is 1. The van der Waals surface area contributed by atoms with Crippen LogP contribution in [0.5, 0.6) is 0 Å². The molecule has 0 saturated heterocycles. The van der Waals surface area contributed by atoms with Crippen LogP contribution in [0.2, 0.25) is 5.02 Å². The average Bonchev–Trinajstić information content (AvgIpc) is 3.53. The summed E-state index contributed by atoms with van der Waals surface area (Å²) in [5.41, 5.74) is 1.47. The van der Waals surface area contributed by atoms with Crippen molar-refractivity contribution >= 4 is 23.3 Å². The number of carbonyl (C=O) groups excluding carboxylic acids is 1. The Morgan fingerprint density at radius 2 is 1.85 bits per heavy atom. The number of pyridine rings is 1. The second kappa shape index (κ2) is 6.82. The lowest BCUT2D eigenvalue weighted by atomic mass is 10.0. The van der Waals surface area contributed by atoms with Crippen LogP contribution in [0.1, 0.15) is 35.1 Å². The number of nitrogens with two attached hydrogens (primary N) is 1. The monoisotopic (exact) mass is 365 g/mol. The summed E-state index contributed by atoms with van der Waals surface area (Å²) >= 11 is 6.32. The van der Waals surface area contributed by atoms with Crippen LogP contribution in [-0.2, 0) is 0 Å². The van der Waals surface area contributed by atoms with Gasteiger partial charge in [-0.15, -0.1) is 0 Å². The molecule has 2 aromatic heterocycles. The zero-order chi connectivity index (χ0) is 18.1. The van der Waals surface area contributed by atoms with E-state index in [0.717, 1.165) is 17.9 Å². The maximum atomic E-state index is 13.1. The van der Waals surface area contributed by atoms with Gasteiger partial charge in [-0.2, -0.15) is 0 Å². The summed E-state index contributed by atoms with van der Waals surface area (Å²) in [6.07, 6.45) is 5.30. The molecular formula is C19H16ClN5O. The summed E-state index contributed by atoms with van der Waals surface area (Å²) < 4.78 is 0. The predicted molar refractivity (Wildman–Crippen MR) is 99.7 cm³/mol. The van der Waals surface area contributed by atoms with Crippen molar-refractivity contribution in [2.75, 3.05) is 5.01 Å². The van der Waals surface area contributed by atoms with E-state index >= 15 is 0 Å². The van der Waals surface area contributed by atoms with Crippen LogP contribution in [-0.4, -0.2) is 20.9 Å². The molecule has 130 valence electrons. The largest absolute Gasteiger partial charge is 0.293 e. The van der Waals surface area contributed by atoms with E-state index < -0.39 is 5.91 Å². The molecule has 1 aliphatic rings. The van der Waals surface area contributed by atoms with E-state index in [9.17, 15) is 4.79 Å². The molecule has 1 aliphatic carbocycles. The molecule has 0 unspecified atom stereocenters. The lowest BCUT2D eigenvalue weighted by Gasteiger charge is -2.17. The smallest absolute Gasteiger partial charge is 0.265 e. The quantitative estimate of drug-likeness (QED) is 0.434. The number of benzene rings is 1. The molecule has 2 heterocycles. The second-order valence-corrected chi connectivity index (χ2v) is 6.51. The molecule has 3 aromatic rings. The van der Waals surface area contributed by atoms with Gasteiger partial charge >= 0.3 is 0 Å². The molecule has 1 fully saturated rings. The number of anilines is 1. The Hall–Kier alpha value is -2.83. The van der Waals surface area contributed by atoms with Crippen molar-refractivity contribution in [2.45, 2.75) is 18.8 Å². The highest BCUT2D eigenvalue weighted by Crippen LogP contribution is 2.39.